The fourth-order valence-corrected chi connectivity index (χ4v) is 3.03. The largest absolute Gasteiger partial charge is 0.413 e. The molecule has 3 heteroatoms. The van der Waals surface area contributed by atoms with Gasteiger partial charge in [0.1, 0.15) is 0 Å². The van der Waals surface area contributed by atoms with Gasteiger partial charge in [0, 0.05) is 0 Å². The highest BCUT2D eigenvalue weighted by Crippen LogP contribution is 2.28. The molecule has 0 amide bonds. The van der Waals surface area contributed by atoms with E-state index in [0.717, 1.165) is 12.8 Å². The highest BCUT2D eigenvalue weighted by Gasteiger charge is 2.29. The molecule has 1 aliphatic carbocycles. The molecule has 2 nitrogen and oxygen atoms in total. The first kappa shape index (κ1) is 10.7. The molecule has 0 aliphatic heterocycles. The normalized spacial score (nSPS) is 29.7. The van der Waals surface area contributed by atoms with Crippen molar-refractivity contribution in [3.8, 4) is 6.07 Å². The summed E-state index contributed by atoms with van der Waals surface area (Å²) in [6.07, 6.45) is 4.77. The van der Waals surface area contributed by atoms with Crippen molar-refractivity contribution >= 4 is 8.32 Å². The molecule has 0 aromatic heterocycles. The van der Waals surface area contributed by atoms with E-state index in [2.05, 4.69) is 25.7 Å². The zero-order valence-corrected chi connectivity index (χ0v) is 9.84. The monoisotopic (exact) mass is 197 g/mol. The van der Waals surface area contributed by atoms with Gasteiger partial charge in [0.15, 0.2) is 8.32 Å². The first-order chi connectivity index (χ1) is 6.03. The predicted octanol–water partition coefficient (Wildman–Crippen LogP) is 2.92. The fraction of sp³-hybridized carbons (Fsp3) is 0.900. The topological polar surface area (TPSA) is 33.0 Å². The van der Waals surface area contributed by atoms with Gasteiger partial charge in [-0.05, 0) is 32.5 Å². The molecule has 0 aromatic carbocycles. The quantitative estimate of drug-likeness (QED) is 0.638. The van der Waals surface area contributed by atoms with E-state index in [4.69, 9.17) is 9.69 Å². The maximum Gasteiger partial charge on any atom is 0.184 e. The Hall–Kier alpha value is -0.333. The fourth-order valence-electron chi connectivity index (χ4n) is 1.84. The van der Waals surface area contributed by atoms with E-state index in [1.807, 2.05) is 0 Å². The minimum atomic E-state index is -1.45. The molecule has 0 heterocycles. The minimum Gasteiger partial charge on any atom is -0.413 e. The van der Waals surface area contributed by atoms with Crippen molar-refractivity contribution in [2.45, 2.75) is 51.4 Å². The molecule has 74 valence electrons. The molecule has 0 bridgehead atoms. The van der Waals surface area contributed by atoms with Crippen LogP contribution in [0.3, 0.4) is 0 Å². The van der Waals surface area contributed by atoms with Gasteiger partial charge < -0.3 is 4.43 Å². The lowest BCUT2D eigenvalue weighted by Crippen LogP contribution is -2.37. The molecular weight excluding hydrogens is 178 g/mol. The smallest absolute Gasteiger partial charge is 0.184 e. The highest BCUT2D eigenvalue weighted by molar-refractivity contribution is 6.69. The Morgan fingerprint density at radius 2 is 1.85 bits per heavy atom. The molecular formula is C10H19NOSi. The third-order valence-electron chi connectivity index (χ3n) is 2.37. The number of nitrogens with zero attached hydrogens (tertiary/aromatic N) is 1. The average Bonchev–Trinajstić information content (AvgIpc) is 2.02. The van der Waals surface area contributed by atoms with Gasteiger partial charge in [0.05, 0.1) is 18.1 Å². The summed E-state index contributed by atoms with van der Waals surface area (Å²) in [4.78, 5) is 0. The van der Waals surface area contributed by atoms with Crippen LogP contribution in [-0.2, 0) is 4.43 Å². The van der Waals surface area contributed by atoms with Gasteiger partial charge in [-0.25, -0.2) is 0 Å². The first-order valence-electron chi connectivity index (χ1n) is 5.10. The molecule has 1 saturated carbocycles. The Labute approximate surface area is 82.0 Å². The molecule has 0 N–H and O–H groups in total. The van der Waals surface area contributed by atoms with E-state index in [1.54, 1.807) is 0 Å². The van der Waals surface area contributed by atoms with Gasteiger partial charge in [-0.1, -0.05) is 12.8 Å². The van der Waals surface area contributed by atoms with Crippen LogP contribution in [-0.4, -0.2) is 14.4 Å². The number of rotatable bonds is 2. The van der Waals surface area contributed by atoms with Gasteiger partial charge in [-0.2, -0.15) is 5.26 Å². The number of nitriles is 1. The molecule has 13 heavy (non-hydrogen) atoms. The van der Waals surface area contributed by atoms with Crippen LogP contribution >= 0.6 is 0 Å². The van der Waals surface area contributed by atoms with Crippen LogP contribution in [0.15, 0.2) is 0 Å². The highest BCUT2D eigenvalue weighted by atomic mass is 28.4. The Morgan fingerprint density at radius 3 is 2.38 bits per heavy atom. The van der Waals surface area contributed by atoms with Crippen molar-refractivity contribution in [1.29, 1.82) is 5.26 Å². The summed E-state index contributed by atoms with van der Waals surface area (Å²) in [5.41, 5.74) is 0. The lowest BCUT2D eigenvalue weighted by Gasteiger charge is -2.32. The van der Waals surface area contributed by atoms with E-state index in [-0.39, 0.29) is 12.0 Å². The Morgan fingerprint density at radius 1 is 1.23 bits per heavy atom. The molecule has 2 atom stereocenters. The standard InChI is InChI=1S/C10H19NOSi/c1-13(2,3)12-10-7-5-4-6-9(10)8-11/h9-10H,4-7H2,1-3H3/t9-,10-/m0/s1. The molecule has 0 unspecified atom stereocenters. The van der Waals surface area contributed by atoms with Crippen LogP contribution in [0.1, 0.15) is 25.7 Å². The average molecular weight is 197 g/mol. The Bertz CT molecular complexity index is 204. The summed E-state index contributed by atoms with van der Waals surface area (Å²) in [5.74, 6) is 0.153. The van der Waals surface area contributed by atoms with Gasteiger partial charge in [-0.3, -0.25) is 0 Å². The second-order valence-electron chi connectivity index (χ2n) is 4.79. The van der Waals surface area contributed by atoms with Crippen molar-refractivity contribution in [1.82, 2.24) is 0 Å². The first-order valence-corrected chi connectivity index (χ1v) is 8.51. The summed E-state index contributed by atoms with van der Waals surface area (Å²) in [6, 6.07) is 2.37. The zero-order valence-electron chi connectivity index (χ0n) is 8.84. The lowest BCUT2D eigenvalue weighted by molar-refractivity contribution is 0.113. The van der Waals surface area contributed by atoms with E-state index in [1.165, 1.54) is 12.8 Å². The molecule has 0 radical (unpaired) electrons. The summed E-state index contributed by atoms with van der Waals surface area (Å²) in [5, 5.41) is 8.94. The summed E-state index contributed by atoms with van der Waals surface area (Å²) in [6.45, 7) is 6.57. The van der Waals surface area contributed by atoms with Crippen LogP contribution in [0.5, 0.6) is 0 Å². The van der Waals surface area contributed by atoms with E-state index < -0.39 is 8.32 Å². The van der Waals surface area contributed by atoms with Gasteiger partial charge in [0.2, 0.25) is 0 Å². The third kappa shape index (κ3) is 3.49. The van der Waals surface area contributed by atoms with Crippen molar-refractivity contribution in [2.24, 2.45) is 5.92 Å². The molecule has 1 aliphatic rings. The second-order valence-corrected chi connectivity index (χ2v) is 9.25. The van der Waals surface area contributed by atoms with Crippen LogP contribution in [0.2, 0.25) is 19.6 Å². The predicted molar refractivity (Wildman–Crippen MR) is 55.8 cm³/mol. The van der Waals surface area contributed by atoms with E-state index >= 15 is 0 Å². The number of hydrogen-bond acceptors (Lipinski definition) is 2. The Kier molecular flexibility index (Phi) is 3.52. The lowest BCUT2D eigenvalue weighted by atomic mass is 9.88. The maximum atomic E-state index is 8.94. The van der Waals surface area contributed by atoms with Gasteiger partial charge in [-0.15, -0.1) is 0 Å². The van der Waals surface area contributed by atoms with Crippen LogP contribution in [0.4, 0.5) is 0 Å². The van der Waals surface area contributed by atoms with Crippen LogP contribution in [0.25, 0.3) is 0 Å². The molecule has 1 fully saturated rings. The molecule has 0 saturated heterocycles. The molecule has 0 spiro atoms. The maximum absolute atomic E-state index is 8.94. The zero-order chi connectivity index (χ0) is 9.90. The number of hydrogen-bond donors (Lipinski definition) is 0. The third-order valence-corrected chi connectivity index (χ3v) is 3.38. The van der Waals surface area contributed by atoms with Crippen molar-refractivity contribution in [2.75, 3.05) is 0 Å². The molecule has 0 aromatic rings. The van der Waals surface area contributed by atoms with Crippen LogP contribution in [0, 0.1) is 17.2 Å². The van der Waals surface area contributed by atoms with E-state index in [9.17, 15) is 0 Å². The van der Waals surface area contributed by atoms with Gasteiger partial charge >= 0.3 is 0 Å². The van der Waals surface area contributed by atoms with Crippen LogP contribution < -0.4 is 0 Å². The Balaban J connectivity index is 2.51. The van der Waals surface area contributed by atoms with E-state index in [0.29, 0.717) is 0 Å². The SMILES string of the molecule is C[Si](C)(C)O[C@H]1CCCC[C@H]1C#N. The summed E-state index contributed by atoms with van der Waals surface area (Å²) in [7, 11) is -1.45. The molecule has 1 rings (SSSR count). The van der Waals surface area contributed by atoms with Crippen molar-refractivity contribution in [3.63, 3.8) is 0 Å². The van der Waals surface area contributed by atoms with Crippen molar-refractivity contribution < 1.29 is 4.43 Å². The second kappa shape index (κ2) is 4.25. The minimum absolute atomic E-state index is 0.153. The summed E-state index contributed by atoms with van der Waals surface area (Å²) >= 11 is 0. The van der Waals surface area contributed by atoms with Crippen molar-refractivity contribution in [3.05, 3.63) is 0 Å². The summed E-state index contributed by atoms with van der Waals surface area (Å²) < 4.78 is 6.00. The van der Waals surface area contributed by atoms with Gasteiger partial charge in [0.25, 0.3) is 0 Å².